The third kappa shape index (κ3) is 1.97. The van der Waals surface area contributed by atoms with Crippen molar-refractivity contribution >= 4 is 17.5 Å². The molecule has 3 rings (SSSR count). The van der Waals surface area contributed by atoms with Crippen molar-refractivity contribution in [3.8, 4) is 11.5 Å². The lowest BCUT2D eigenvalue weighted by Crippen LogP contribution is -2.30. The molecule has 1 aromatic rings. The molecule has 18 heavy (non-hydrogen) atoms. The second-order valence-electron chi connectivity index (χ2n) is 4.17. The third-order valence-corrected chi connectivity index (χ3v) is 2.85. The number of ether oxygens (including phenoxy) is 2. The Labute approximate surface area is 103 Å². The summed E-state index contributed by atoms with van der Waals surface area (Å²) in [6.07, 6.45) is 0.160. The standard InChI is InChI=1S/C12H12N2O4/c15-11-6-8(12(16)14-11)13-7-1-2-9-10(5-7)18-4-3-17-9/h1-2,5,8,13H,3-4,6H2,(H,14,15,16). The van der Waals surface area contributed by atoms with Crippen LogP contribution in [0.1, 0.15) is 6.42 Å². The van der Waals surface area contributed by atoms with Crippen molar-refractivity contribution < 1.29 is 19.1 Å². The van der Waals surface area contributed by atoms with Crippen LogP contribution in [0.2, 0.25) is 0 Å². The van der Waals surface area contributed by atoms with Crippen molar-refractivity contribution in [3.63, 3.8) is 0 Å². The number of benzene rings is 1. The molecule has 6 heteroatoms. The van der Waals surface area contributed by atoms with Gasteiger partial charge in [-0.05, 0) is 12.1 Å². The molecule has 1 unspecified atom stereocenters. The predicted molar refractivity (Wildman–Crippen MR) is 62.6 cm³/mol. The summed E-state index contributed by atoms with van der Waals surface area (Å²) in [5.41, 5.74) is 0.731. The van der Waals surface area contributed by atoms with Crippen LogP contribution in [0.5, 0.6) is 11.5 Å². The summed E-state index contributed by atoms with van der Waals surface area (Å²) in [6.45, 7) is 1.05. The van der Waals surface area contributed by atoms with Crippen molar-refractivity contribution in [3.05, 3.63) is 18.2 Å². The molecule has 2 heterocycles. The number of imide groups is 1. The zero-order valence-electron chi connectivity index (χ0n) is 9.56. The maximum absolute atomic E-state index is 11.4. The van der Waals surface area contributed by atoms with Crippen molar-refractivity contribution in [2.75, 3.05) is 18.5 Å². The van der Waals surface area contributed by atoms with E-state index in [0.717, 1.165) is 5.69 Å². The number of carbonyl (C=O) groups excluding carboxylic acids is 2. The molecule has 1 aromatic carbocycles. The average molecular weight is 248 g/mol. The Morgan fingerprint density at radius 1 is 1.17 bits per heavy atom. The quantitative estimate of drug-likeness (QED) is 0.735. The van der Waals surface area contributed by atoms with Crippen molar-refractivity contribution in [2.45, 2.75) is 12.5 Å². The van der Waals surface area contributed by atoms with Crippen LogP contribution in [0.25, 0.3) is 0 Å². The van der Waals surface area contributed by atoms with Gasteiger partial charge in [-0.25, -0.2) is 0 Å². The highest BCUT2D eigenvalue weighted by Crippen LogP contribution is 2.33. The Morgan fingerprint density at radius 2 is 1.94 bits per heavy atom. The first kappa shape index (κ1) is 10.9. The number of fused-ring (bicyclic) bond motifs is 1. The molecule has 1 saturated heterocycles. The lowest BCUT2D eigenvalue weighted by atomic mass is 10.2. The van der Waals surface area contributed by atoms with Gasteiger partial charge in [0.05, 0.1) is 6.42 Å². The van der Waals surface area contributed by atoms with Crippen LogP contribution in [0, 0.1) is 0 Å². The Bertz CT molecular complexity index is 515. The second kappa shape index (κ2) is 4.21. The Hall–Kier alpha value is -2.24. The maximum atomic E-state index is 11.4. The fourth-order valence-electron chi connectivity index (χ4n) is 2.00. The largest absolute Gasteiger partial charge is 0.486 e. The van der Waals surface area contributed by atoms with Gasteiger partial charge in [0.15, 0.2) is 11.5 Å². The first-order chi connectivity index (χ1) is 8.72. The van der Waals surface area contributed by atoms with E-state index in [0.29, 0.717) is 24.7 Å². The molecule has 2 aliphatic rings. The first-order valence-corrected chi connectivity index (χ1v) is 5.72. The van der Waals surface area contributed by atoms with E-state index in [1.54, 1.807) is 18.2 Å². The SMILES string of the molecule is O=C1CC(Nc2ccc3c(c2)OCCO3)C(=O)N1. The molecule has 2 N–H and O–H groups in total. The van der Waals surface area contributed by atoms with E-state index < -0.39 is 6.04 Å². The summed E-state index contributed by atoms with van der Waals surface area (Å²) >= 11 is 0. The summed E-state index contributed by atoms with van der Waals surface area (Å²) in [5.74, 6) is 0.791. The second-order valence-corrected chi connectivity index (χ2v) is 4.17. The van der Waals surface area contributed by atoms with Gasteiger partial charge in [-0.1, -0.05) is 0 Å². The minimum Gasteiger partial charge on any atom is -0.486 e. The van der Waals surface area contributed by atoms with E-state index in [9.17, 15) is 9.59 Å². The predicted octanol–water partition coefficient (Wildman–Crippen LogP) is 0.285. The van der Waals surface area contributed by atoms with Crippen molar-refractivity contribution in [1.29, 1.82) is 0 Å². The van der Waals surface area contributed by atoms with Gasteiger partial charge in [0, 0.05) is 11.8 Å². The fraction of sp³-hybridized carbons (Fsp3) is 0.333. The highest BCUT2D eigenvalue weighted by Gasteiger charge is 2.30. The van der Waals surface area contributed by atoms with Gasteiger partial charge < -0.3 is 14.8 Å². The molecular formula is C12H12N2O4. The number of amides is 2. The zero-order chi connectivity index (χ0) is 12.5. The summed E-state index contributed by atoms with van der Waals surface area (Å²) in [7, 11) is 0. The number of rotatable bonds is 2. The highest BCUT2D eigenvalue weighted by atomic mass is 16.6. The molecule has 2 amide bonds. The normalized spacial score (nSPS) is 21.7. The van der Waals surface area contributed by atoms with Crippen LogP contribution in [0.4, 0.5) is 5.69 Å². The summed E-state index contributed by atoms with van der Waals surface area (Å²) in [5, 5.41) is 5.26. The lowest BCUT2D eigenvalue weighted by Gasteiger charge is -2.19. The molecule has 0 aromatic heterocycles. The van der Waals surface area contributed by atoms with Crippen LogP contribution in [-0.2, 0) is 9.59 Å². The van der Waals surface area contributed by atoms with Gasteiger partial charge in [0.1, 0.15) is 19.3 Å². The molecule has 0 radical (unpaired) electrons. The third-order valence-electron chi connectivity index (χ3n) is 2.85. The smallest absolute Gasteiger partial charge is 0.249 e. The topological polar surface area (TPSA) is 76.7 Å². The molecule has 6 nitrogen and oxygen atoms in total. The highest BCUT2D eigenvalue weighted by molar-refractivity contribution is 6.06. The molecule has 0 aliphatic carbocycles. The number of carbonyl (C=O) groups is 2. The summed E-state index contributed by atoms with van der Waals surface area (Å²) in [4.78, 5) is 22.5. The van der Waals surface area contributed by atoms with E-state index in [4.69, 9.17) is 9.47 Å². The van der Waals surface area contributed by atoms with Crippen LogP contribution in [0.15, 0.2) is 18.2 Å². The van der Waals surface area contributed by atoms with Crippen LogP contribution >= 0.6 is 0 Å². The van der Waals surface area contributed by atoms with Crippen molar-refractivity contribution in [2.24, 2.45) is 0 Å². The maximum Gasteiger partial charge on any atom is 0.249 e. The van der Waals surface area contributed by atoms with E-state index >= 15 is 0 Å². The van der Waals surface area contributed by atoms with Crippen LogP contribution in [-0.4, -0.2) is 31.1 Å². The van der Waals surface area contributed by atoms with Crippen LogP contribution < -0.4 is 20.1 Å². The van der Waals surface area contributed by atoms with Gasteiger partial charge in [0.2, 0.25) is 11.8 Å². The van der Waals surface area contributed by atoms with E-state index in [1.807, 2.05) is 0 Å². The average Bonchev–Trinajstić information content (AvgIpc) is 2.68. The minimum absolute atomic E-state index is 0.160. The molecule has 0 spiro atoms. The molecule has 0 saturated carbocycles. The molecule has 1 fully saturated rings. The number of hydrogen-bond acceptors (Lipinski definition) is 5. The number of anilines is 1. The molecular weight excluding hydrogens is 236 g/mol. The Balaban J connectivity index is 1.77. The molecule has 1 atom stereocenters. The Kier molecular flexibility index (Phi) is 2.55. The molecule has 94 valence electrons. The van der Waals surface area contributed by atoms with Gasteiger partial charge >= 0.3 is 0 Å². The van der Waals surface area contributed by atoms with E-state index in [1.165, 1.54) is 0 Å². The Morgan fingerprint density at radius 3 is 2.67 bits per heavy atom. The van der Waals surface area contributed by atoms with Gasteiger partial charge in [-0.3, -0.25) is 14.9 Å². The fourth-order valence-corrected chi connectivity index (χ4v) is 2.00. The van der Waals surface area contributed by atoms with Gasteiger partial charge in [-0.15, -0.1) is 0 Å². The first-order valence-electron chi connectivity index (χ1n) is 5.72. The van der Waals surface area contributed by atoms with Gasteiger partial charge in [0.25, 0.3) is 0 Å². The van der Waals surface area contributed by atoms with E-state index in [-0.39, 0.29) is 18.2 Å². The summed E-state index contributed by atoms with van der Waals surface area (Å²) < 4.78 is 10.8. The zero-order valence-corrected chi connectivity index (χ0v) is 9.56. The number of nitrogens with one attached hydrogen (secondary N) is 2. The molecule has 0 bridgehead atoms. The minimum atomic E-state index is -0.514. The lowest BCUT2D eigenvalue weighted by molar-refractivity contribution is -0.124. The van der Waals surface area contributed by atoms with Gasteiger partial charge in [-0.2, -0.15) is 0 Å². The molecule has 2 aliphatic heterocycles. The summed E-state index contributed by atoms with van der Waals surface area (Å²) in [6, 6.07) is 4.83. The number of hydrogen-bond donors (Lipinski definition) is 2. The van der Waals surface area contributed by atoms with Crippen LogP contribution in [0.3, 0.4) is 0 Å². The van der Waals surface area contributed by atoms with E-state index in [2.05, 4.69) is 10.6 Å². The monoisotopic (exact) mass is 248 g/mol. The van der Waals surface area contributed by atoms with Crippen molar-refractivity contribution in [1.82, 2.24) is 5.32 Å².